The lowest BCUT2D eigenvalue weighted by Crippen LogP contribution is -2.49. The van der Waals surface area contributed by atoms with Crippen LogP contribution in [-0.4, -0.2) is 90.3 Å². The number of hydrogen-bond donors (Lipinski definition) is 7. The molecule has 12 N–H and O–H groups in total. The number of oxazole rings is 1. The molecule has 25 heteroatoms. The van der Waals surface area contributed by atoms with Gasteiger partial charge in [0.2, 0.25) is 17.7 Å². The maximum absolute atomic E-state index is 13.2. The molecule has 0 aliphatic carbocycles. The first kappa shape index (κ1) is 63.9. The Morgan fingerprint density at radius 1 is 0.768 bits per heavy atom. The number of nitrogens with one attached hydrogen (secondary N) is 2. The van der Waals surface area contributed by atoms with Crippen molar-refractivity contribution in [1.29, 1.82) is 10.5 Å². The number of nitrogen functional groups attached to an aromatic ring is 1. The third-order valence-electron chi connectivity index (χ3n) is 9.73. The zero-order chi connectivity index (χ0) is 47.5. The number of carbonyl (C=O) groups is 4. The van der Waals surface area contributed by atoms with Gasteiger partial charge >= 0.3 is 11.9 Å². The van der Waals surface area contributed by atoms with Crippen LogP contribution in [0, 0.1) is 22.7 Å². The molecule has 0 spiro atoms. The van der Waals surface area contributed by atoms with Gasteiger partial charge in [-0.25, -0.2) is 19.6 Å². The molecule has 0 fully saturated rings. The number of esters is 2. The zero-order valence-electron chi connectivity index (χ0n) is 37.7. The Morgan fingerprint density at radius 2 is 1.30 bits per heavy atom. The summed E-state index contributed by atoms with van der Waals surface area (Å²) in [5, 5.41) is 26.3. The summed E-state index contributed by atoms with van der Waals surface area (Å²) >= 11 is 7.19. The molecule has 0 aliphatic heterocycles. The molecular weight excluding hydrogens is 1020 g/mol. The van der Waals surface area contributed by atoms with Crippen LogP contribution in [0.4, 0.5) is 5.82 Å². The van der Waals surface area contributed by atoms with E-state index in [1.165, 1.54) is 31.9 Å². The topological polar surface area (TPSA) is 337 Å². The smallest absolute Gasteiger partial charge is 0.328 e. The van der Waals surface area contributed by atoms with Gasteiger partial charge in [0.05, 0.1) is 23.3 Å². The van der Waals surface area contributed by atoms with E-state index < -0.39 is 60.6 Å². The van der Waals surface area contributed by atoms with Crippen LogP contribution < -0.4 is 44.0 Å². The number of rotatable bonds is 25. The van der Waals surface area contributed by atoms with E-state index in [1.807, 2.05) is 0 Å². The van der Waals surface area contributed by atoms with Crippen molar-refractivity contribution in [3.63, 3.8) is 0 Å². The van der Waals surface area contributed by atoms with Gasteiger partial charge in [0.15, 0.2) is 6.10 Å². The summed E-state index contributed by atoms with van der Waals surface area (Å²) in [6.07, 6.45) is 3.68. The van der Waals surface area contributed by atoms with Crippen molar-refractivity contribution in [3.8, 4) is 40.5 Å². The molecule has 0 saturated heterocycles. The van der Waals surface area contributed by atoms with E-state index in [1.54, 1.807) is 48.5 Å². The first-order valence-electron chi connectivity index (χ1n) is 20.8. The molecule has 1 unspecified atom stereocenters. The van der Waals surface area contributed by atoms with Gasteiger partial charge in [-0.05, 0) is 94.6 Å². The molecule has 2 amide bonds. The molecule has 4 aromatic rings. The summed E-state index contributed by atoms with van der Waals surface area (Å²) in [6.45, 7) is 2.92. The number of thioether (sulfide) groups is 1. The number of nitrogens with two attached hydrogens (primary N) is 5. The summed E-state index contributed by atoms with van der Waals surface area (Å²) in [5.41, 5.74) is 31.4. The first-order valence-corrected chi connectivity index (χ1v) is 22.1. The SMILES string of the molecule is CC(NC(=O)[C@@H](N)CCCCN)C(=O)O[C@H](COC(=O)[C@H](C)NC(=O)[C@@H](N)CCCCN)COc1ccc(-c2c(C#N)c(N)nc(SCc3coc(-c4ccc(Cl)cc4)n3)c2C#N)cc1.Cl.Cl.Cl.Cl. The highest BCUT2D eigenvalue weighted by atomic mass is 35.5. The van der Waals surface area contributed by atoms with Crippen LogP contribution in [-0.2, 0) is 34.4 Å². The lowest BCUT2D eigenvalue weighted by Gasteiger charge is -2.23. The lowest BCUT2D eigenvalue weighted by molar-refractivity contribution is -0.163. The Balaban J connectivity index is 0.0000116. The number of unbranched alkanes of at least 4 members (excludes halogenated alkanes) is 2. The fourth-order valence-corrected chi connectivity index (χ4v) is 7.06. The molecule has 69 heavy (non-hydrogen) atoms. The maximum Gasteiger partial charge on any atom is 0.328 e. The summed E-state index contributed by atoms with van der Waals surface area (Å²) < 4.78 is 22.7. The monoisotopic (exact) mass is 1080 g/mol. The molecule has 19 nitrogen and oxygen atoms in total. The van der Waals surface area contributed by atoms with Crippen LogP contribution in [0.15, 0.2) is 64.2 Å². The van der Waals surface area contributed by atoms with Crippen LogP contribution in [0.25, 0.3) is 22.6 Å². The molecule has 0 radical (unpaired) electrons. The van der Waals surface area contributed by atoms with Gasteiger partial charge in [-0.3, -0.25) is 9.59 Å². The van der Waals surface area contributed by atoms with Crippen LogP contribution >= 0.6 is 73.0 Å². The molecule has 0 saturated carbocycles. The predicted molar refractivity (Wildman–Crippen MR) is 272 cm³/mol. The molecule has 2 heterocycles. The van der Waals surface area contributed by atoms with E-state index in [0.29, 0.717) is 73.8 Å². The van der Waals surface area contributed by atoms with Gasteiger partial charge in [-0.2, -0.15) is 10.5 Å². The third-order valence-corrected chi connectivity index (χ3v) is 11.0. The van der Waals surface area contributed by atoms with Gasteiger partial charge in [0.1, 0.15) is 65.9 Å². The van der Waals surface area contributed by atoms with Crippen molar-refractivity contribution in [2.75, 3.05) is 32.0 Å². The number of ether oxygens (including phenoxy) is 3. The molecule has 0 bridgehead atoms. The molecule has 378 valence electrons. The fraction of sp³-hybridized carbons (Fsp3) is 0.409. The molecular formula is C44H58Cl5N11O8S. The van der Waals surface area contributed by atoms with Gasteiger partial charge in [0, 0.05) is 21.9 Å². The molecule has 2 aromatic carbocycles. The fourth-order valence-electron chi connectivity index (χ4n) is 6.06. The Kier molecular flexibility index (Phi) is 30.2. The third kappa shape index (κ3) is 19.7. The number of pyridine rings is 1. The second-order valence-corrected chi connectivity index (χ2v) is 16.3. The summed E-state index contributed by atoms with van der Waals surface area (Å²) in [6, 6.07) is 13.6. The molecule has 0 aliphatic rings. The van der Waals surface area contributed by atoms with Crippen molar-refractivity contribution < 1.29 is 37.8 Å². The first-order chi connectivity index (χ1) is 31.2. The van der Waals surface area contributed by atoms with Crippen molar-refractivity contribution in [2.45, 2.75) is 93.4 Å². The van der Waals surface area contributed by atoms with E-state index in [0.717, 1.165) is 5.56 Å². The number of halogens is 5. The van der Waals surface area contributed by atoms with Crippen LogP contribution in [0.2, 0.25) is 5.02 Å². The number of carbonyl (C=O) groups excluding carboxylic acids is 4. The van der Waals surface area contributed by atoms with Gasteiger partial charge in [-0.1, -0.05) is 48.3 Å². The van der Waals surface area contributed by atoms with Gasteiger partial charge < -0.3 is 57.9 Å². The minimum absolute atomic E-state index is 0. The number of hydrogen-bond acceptors (Lipinski definition) is 18. The maximum atomic E-state index is 13.2. The average Bonchev–Trinajstić information content (AvgIpc) is 3.78. The highest BCUT2D eigenvalue weighted by Gasteiger charge is 2.28. The van der Waals surface area contributed by atoms with Crippen molar-refractivity contribution in [3.05, 3.63) is 76.6 Å². The average molecular weight is 1080 g/mol. The minimum Gasteiger partial charge on any atom is -0.490 e. The highest BCUT2D eigenvalue weighted by molar-refractivity contribution is 7.98. The van der Waals surface area contributed by atoms with Crippen LogP contribution in [0.1, 0.15) is 69.2 Å². The number of anilines is 1. The molecule has 5 atom stereocenters. The number of amides is 2. The highest BCUT2D eigenvalue weighted by Crippen LogP contribution is 2.37. The summed E-state index contributed by atoms with van der Waals surface area (Å²) in [4.78, 5) is 60.3. The van der Waals surface area contributed by atoms with Gasteiger partial charge in [-0.15, -0.1) is 49.6 Å². The van der Waals surface area contributed by atoms with E-state index in [-0.39, 0.29) is 95.3 Å². The summed E-state index contributed by atoms with van der Waals surface area (Å²) in [5.74, 6) is -1.95. The Bertz CT molecular complexity index is 2340. The standard InChI is InChI=1S/C44H54ClN11O8S.4ClH/c1-25(53-39(57)35(50)7-3-5-17-46)43(59)63-23-32(64-44(60)26(2)54-40(58)36(51)8-4-6-18-47)22-61-31-15-11-27(12-16-31)37-33(19-48)38(52)56-42(34(37)20-49)65-24-30-21-62-41(55-30)28-9-13-29(45)14-10-28;;;;/h9-16,21,25-26,32,35-36H,3-8,17-18,22-24,46-47,50-51H2,1-2H3,(H2,52,56)(H,53,57)(H,54,58);4*1H/t25-,26?,32-,35-,36-;;;;/m0..../s1. The van der Waals surface area contributed by atoms with E-state index in [2.05, 4.69) is 32.7 Å². The molecule has 2 aromatic heterocycles. The lowest BCUT2D eigenvalue weighted by atomic mass is 9.97. The zero-order valence-corrected chi connectivity index (χ0v) is 42.6. The van der Waals surface area contributed by atoms with Crippen molar-refractivity contribution >= 4 is 103 Å². The largest absolute Gasteiger partial charge is 0.490 e. The Labute approximate surface area is 434 Å². The van der Waals surface area contributed by atoms with E-state index >= 15 is 0 Å². The minimum atomic E-state index is -1.20. The number of nitriles is 2. The number of aromatic nitrogens is 2. The van der Waals surface area contributed by atoms with Crippen molar-refractivity contribution in [2.24, 2.45) is 22.9 Å². The predicted octanol–water partition coefficient (Wildman–Crippen LogP) is 5.12. The second-order valence-electron chi connectivity index (χ2n) is 14.9. The Hall–Kier alpha value is -5.10. The summed E-state index contributed by atoms with van der Waals surface area (Å²) in [7, 11) is 0. The second kappa shape index (κ2) is 32.7. The van der Waals surface area contributed by atoms with Gasteiger partial charge in [0.25, 0.3) is 0 Å². The van der Waals surface area contributed by atoms with Crippen LogP contribution in [0.5, 0.6) is 5.75 Å². The Morgan fingerprint density at radius 3 is 1.84 bits per heavy atom. The van der Waals surface area contributed by atoms with Crippen LogP contribution in [0.3, 0.4) is 0 Å². The normalized spacial score (nSPS) is 12.5. The number of nitrogens with zero attached hydrogens (tertiary/aromatic N) is 4. The number of benzene rings is 2. The van der Waals surface area contributed by atoms with E-state index in [9.17, 15) is 29.7 Å². The molecule has 4 rings (SSSR count). The quantitative estimate of drug-likeness (QED) is 0.0257. The van der Waals surface area contributed by atoms with Crippen molar-refractivity contribution in [1.82, 2.24) is 20.6 Å². The van der Waals surface area contributed by atoms with E-state index in [4.69, 9.17) is 58.9 Å².